The van der Waals surface area contributed by atoms with Gasteiger partial charge < -0.3 is 5.32 Å². The Morgan fingerprint density at radius 2 is 2.08 bits per heavy atom. The molecule has 13 heavy (non-hydrogen) atoms. The first kappa shape index (κ1) is 12.7. The van der Waals surface area contributed by atoms with E-state index in [1.54, 1.807) is 0 Å². The van der Waals surface area contributed by atoms with Gasteiger partial charge in [0.25, 0.3) is 0 Å². The van der Waals surface area contributed by atoms with E-state index in [1.807, 2.05) is 11.6 Å². The zero-order valence-electron chi connectivity index (χ0n) is 7.34. The van der Waals surface area contributed by atoms with Crippen molar-refractivity contribution >= 4 is 27.5 Å². The maximum Gasteiger partial charge on any atom is 0.235 e. The molecular weight excluding hydrogens is 216 g/mol. The highest BCUT2D eigenvalue weighted by atomic mass is 35.5. The first-order chi connectivity index (χ1) is 6.02. The summed E-state index contributed by atoms with van der Waals surface area (Å²) in [5.74, 6) is -0.351. The predicted molar refractivity (Wildman–Crippen MR) is 50.9 cm³/mol. The minimum atomic E-state index is -3.48. The van der Waals surface area contributed by atoms with Gasteiger partial charge in [0.1, 0.15) is 5.21 Å². The summed E-state index contributed by atoms with van der Waals surface area (Å²) in [4.78, 5) is 10.9. The molecule has 5 nitrogen and oxygen atoms in total. The molecule has 0 rings (SSSR count). The van der Waals surface area contributed by atoms with Crippen molar-refractivity contribution in [3.63, 3.8) is 0 Å². The normalized spacial score (nSPS) is 11.2. The number of carbonyl (C=O) groups is 1. The standard InChI is InChI=1S/C6H13ClN2O3S/c1-2-3-8-6(10)4-9-13(11,12)5-7/h9H,2-5H2,1H3,(H,8,10). The van der Waals surface area contributed by atoms with E-state index in [0.29, 0.717) is 6.54 Å². The zero-order valence-corrected chi connectivity index (χ0v) is 8.91. The number of nitrogens with one attached hydrogen (secondary N) is 2. The van der Waals surface area contributed by atoms with Gasteiger partial charge in [0.15, 0.2) is 0 Å². The molecule has 0 bridgehead atoms. The van der Waals surface area contributed by atoms with Crippen molar-refractivity contribution in [2.45, 2.75) is 13.3 Å². The van der Waals surface area contributed by atoms with Crippen LogP contribution in [0, 0.1) is 0 Å². The van der Waals surface area contributed by atoms with Crippen molar-refractivity contribution in [2.75, 3.05) is 18.3 Å². The summed E-state index contributed by atoms with van der Waals surface area (Å²) in [6, 6.07) is 0. The summed E-state index contributed by atoms with van der Waals surface area (Å²) in [6.07, 6.45) is 0.813. The number of sulfonamides is 1. The van der Waals surface area contributed by atoms with Gasteiger partial charge in [0.05, 0.1) is 6.54 Å². The highest BCUT2D eigenvalue weighted by Crippen LogP contribution is 1.86. The Morgan fingerprint density at radius 3 is 2.54 bits per heavy atom. The lowest BCUT2D eigenvalue weighted by Crippen LogP contribution is -2.37. The first-order valence-electron chi connectivity index (χ1n) is 3.82. The summed E-state index contributed by atoms with van der Waals surface area (Å²) in [5, 5.41) is 1.99. The van der Waals surface area contributed by atoms with E-state index in [-0.39, 0.29) is 12.5 Å². The molecule has 7 heteroatoms. The van der Waals surface area contributed by atoms with E-state index in [1.165, 1.54) is 0 Å². The second-order valence-corrected chi connectivity index (χ2v) is 4.79. The molecule has 0 saturated heterocycles. The molecule has 0 spiro atoms. The molecule has 78 valence electrons. The SMILES string of the molecule is CCCNC(=O)CNS(=O)(=O)CCl. The molecule has 1 amide bonds. The van der Waals surface area contributed by atoms with E-state index >= 15 is 0 Å². The van der Waals surface area contributed by atoms with Gasteiger partial charge in [-0.1, -0.05) is 6.92 Å². The molecule has 0 aromatic carbocycles. The summed E-state index contributed by atoms with van der Waals surface area (Å²) in [5.41, 5.74) is 0. The Labute approximate surface area is 82.9 Å². The Bertz CT molecular complexity index is 253. The van der Waals surface area contributed by atoms with Crippen LogP contribution in [0.2, 0.25) is 0 Å². The lowest BCUT2D eigenvalue weighted by atomic mass is 10.5. The van der Waals surface area contributed by atoms with Gasteiger partial charge in [-0.3, -0.25) is 4.79 Å². The average molecular weight is 229 g/mol. The molecule has 0 fully saturated rings. The summed E-state index contributed by atoms with van der Waals surface area (Å²) in [7, 11) is -3.48. The van der Waals surface area contributed by atoms with E-state index < -0.39 is 15.2 Å². The zero-order chi connectivity index (χ0) is 10.3. The largest absolute Gasteiger partial charge is 0.355 e. The van der Waals surface area contributed by atoms with Crippen molar-refractivity contribution in [3.05, 3.63) is 0 Å². The Morgan fingerprint density at radius 1 is 1.46 bits per heavy atom. The Kier molecular flexibility index (Phi) is 6.02. The third-order valence-corrected chi connectivity index (χ3v) is 2.90. The van der Waals surface area contributed by atoms with Crippen molar-refractivity contribution in [3.8, 4) is 0 Å². The highest BCUT2D eigenvalue weighted by molar-refractivity contribution is 7.90. The highest BCUT2D eigenvalue weighted by Gasteiger charge is 2.09. The Balaban J connectivity index is 3.71. The second kappa shape index (κ2) is 6.17. The topological polar surface area (TPSA) is 75.3 Å². The molecule has 0 aliphatic carbocycles. The average Bonchev–Trinajstić information content (AvgIpc) is 2.11. The van der Waals surface area contributed by atoms with Gasteiger partial charge in [0, 0.05) is 6.54 Å². The monoisotopic (exact) mass is 228 g/mol. The maximum absolute atomic E-state index is 10.9. The minimum absolute atomic E-state index is 0.255. The summed E-state index contributed by atoms with van der Waals surface area (Å²) < 4.78 is 23.6. The lowest BCUT2D eigenvalue weighted by molar-refractivity contribution is -0.119. The van der Waals surface area contributed by atoms with Crippen LogP contribution in [0.3, 0.4) is 0 Å². The number of carbonyl (C=O) groups excluding carboxylic acids is 1. The number of hydrogen-bond donors (Lipinski definition) is 2. The minimum Gasteiger partial charge on any atom is -0.355 e. The molecule has 0 unspecified atom stereocenters. The number of hydrogen-bond acceptors (Lipinski definition) is 3. The van der Waals surface area contributed by atoms with Crippen LogP contribution in [0.1, 0.15) is 13.3 Å². The fourth-order valence-corrected chi connectivity index (χ4v) is 1.20. The van der Waals surface area contributed by atoms with Gasteiger partial charge in [-0.25, -0.2) is 13.1 Å². The molecule has 0 aromatic heterocycles. The van der Waals surface area contributed by atoms with E-state index in [0.717, 1.165) is 6.42 Å². The second-order valence-electron chi connectivity index (χ2n) is 2.39. The van der Waals surface area contributed by atoms with E-state index in [9.17, 15) is 13.2 Å². The van der Waals surface area contributed by atoms with Gasteiger partial charge in [-0.15, -0.1) is 11.6 Å². The molecule has 0 atom stereocenters. The van der Waals surface area contributed by atoms with E-state index in [2.05, 4.69) is 5.32 Å². The van der Waals surface area contributed by atoms with Crippen LogP contribution in [-0.2, 0) is 14.8 Å². The molecule has 0 saturated carbocycles. The van der Waals surface area contributed by atoms with Crippen molar-refractivity contribution in [1.82, 2.24) is 10.0 Å². The molecule has 2 N–H and O–H groups in total. The quantitative estimate of drug-likeness (QED) is 0.609. The number of rotatable bonds is 6. The maximum atomic E-state index is 10.9. The van der Waals surface area contributed by atoms with Crippen LogP contribution < -0.4 is 10.0 Å². The molecule has 0 aliphatic rings. The third kappa shape index (κ3) is 6.80. The molecule has 0 heterocycles. The fraction of sp³-hybridized carbons (Fsp3) is 0.833. The van der Waals surface area contributed by atoms with Gasteiger partial charge in [-0.05, 0) is 6.42 Å². The van der Waals surface area contributed by atoms with E-state index in [4.69, 9.17) is 11.6 Å². The Hall–Kier alpha value is -0.330. The molecule has 0 aliphatic heterocycles. The fourth-order valence-electron chi connectivity index (χ4n) is 0.541. The smallest absolute Gasteiger partial charge is 0.235 e. The van der Waals surface area contributed by atoms with Crippen LogP contribution in [0.15, 0.2) is 0 Å². The van der Waals surface area contributed by atoms with Crippen molar-refractivity contribution < 1.29 is 13.2 Å². The number of halogens is 1. The summed E-state index contributed by atoms with van der Waals surface area (Å²) in [6.45, 7) is 2.19. The van der Waals surface area contributed by atoms with Crippen LogP contribution >= 0.6 is 11.6 Å². The summed E-state index contributed by atoms with van der Waals surface area (Å²) >= 11 is 5.10. The molecule has 0 aromatic rings. The van der Waals surface area contributed by atoms with Gasteiger partial charge in [-0.2, -0.15) is 0 Å². The number of amides is 1. The van der Waals surface area contributed by atoms with Crippen molar-refractivity contribution in [1.29, 1.82) is 0 Å². The predicted octanol–water partition coefficient (Wildman–Crippen LogP) is -0.372. The molecular formula is C6H13ClN2O3S. The van der Waals surface area contributed by atoms with Crippen molar-refractivity contribution in [2.24, 2.45) is 0 Å². The first-order valence-corrected chi connectivity index (χ1v) is 6.00. The number of alkyl halides is 1. The van der Waals surface area contributed by atoms with Crippen LogP contribution in [0.5, 0.6) is 0 Å². The lowest BCUT2D eigenvalue weighted by Gasteiger charge is -2.04. The molecule has 0 radical (unpaired) electrons. The van der Waals surface area contributed by atoms with Crippen LogP contribution in [0.4, 0.5) is 0 Å². The van der Waals surface area contributed by atoms with Gasteiger partial charge in [0.2, 0.25) is 15.9 Å². The third-order valence-electron chi connectivity index (χ3n) is 1.17. The van der Waals surface area contributed by atoms with Crippen LogP contribution in [0.25, 0.3) is 0 Å². The van der Waals surface area contributed by atoms with Gasteiger partial charge >= 0.3 is 0 Å². The van der Waals surface area contributed by atoms with Crippen LogP contribution in [-0.4, -0.2) is 32.6 Å².